The van der Waals surface area contributed by atoms with Crippen molar-refractivity contribution in [2.75, 3.05) is 5.32 Å². The van der Waals surface area contributed by atoms with Crippen molar-refractivity contribution >= 4 is 56.5 Å². The highest BCUT2D eigenvalue weighted by Crippen LogP contribution is 2.23. The molecule has 0 unspecified atom stereocenters. The minimum atomic E-state index is -0.323. The summed E-state index contributed by atoms with van der Waals surface area (Å²) in [5, 5.41) is 2.98. The van der Waals surface area contributed by atoms with Crippen molar-refractivity contribution in [2.45, 2.75) is 17.9 Å². The fourth-order valence-electron chi connectivity index (χ4n) is 2.28. The summed E-state index contributed by atoms with van der Waals surface area (Å²) in [6.45, 7) is 1.81. The molecule has 1 aromatic carbocycles. The Morgan fingerprint density at radius 2 is 2.12 bits per heavy atom. The Morgan fingerprint density at radius 3 is 2.88 bits per heavy atom. The maximum atomic E-state index is 12.3. The van der Waals surface area contributed by atoms with Gasteiger partial charge in [-0.1, -0.05) is 23.7 Å². The van der Waals surface area contributed by atoms with Crippen molar-refractivity contribution in [3.05, 3.63) is 74.2 Å². The average molecular weight is 453 g/mol. The first-order valence-electron chi connectivity index (χ1n) is 7.79. The smallest absolute Gasteiger partial charge is 0.258 e. The third kappa shape index (κ3) is 4.47. The third-order valence-electron chi connectivity index (χ3n) is 3.66. The number of aromatic nitrogens is 2. The number of anilines is 1. The van der Waals surface area contributed by atoms with Crippen LogP contribution in [0.5, 0.6) is 0 Å². The Bertz CT molecular complexity index is 1020. The zero-order chi connectivity index (χ0) is 18.7. The molecule has 0 aliphatic heterocycles. The lowest BCUT2D eigenvalue weighted by molar-refractivity contribution is -0.115. The lowest BCUT2D eigenvalue weighted by Gasteiger charge is -2.13. The van der Waals surface area contributed by atoms with Crippen LogP contribution in [0.1, 0.15) is 12.6 Å². The molecule has 0 aliphatic rings. The number of carbonyl (C=O) groups is 1. The van der Waals surface area contributed by atoms with Crippen LogP contribution in [0.15, 0.2) is 57.9 Å². The summed E-state index contributed by atoms with van der Waals surface area (Å²) in [6.07, 6.45) is 1.68. The number of hydrogen-bond acceptors (Lipinski definition) is 4. The van der Waals surface area contributed by atoms with E-state index in [4.69, 9.17) is 11.6 Å². The number of carbonyl (C=O) groups excluding carboxylic acids is 1. The van der Waals surface area contributed by atoms with Crippen LogP contribution >= 0.6 is 39.3 Å². The molecule has 2 heterocycles. The molecule has 0 fully saturated rings. The SMILES string of the molecule is C[C@@H](SCc1cc(=O)n2cc(Br)ccc2n1)C(=O)Nc1ccccc1Cl. The van der Waals surface area contributed by atoms with E-state index in [0.29, 0.717) is 27.8 Å². The van der Waals surface area contributed by atoms with Crippen LogP contribution in [-0.2, 0) is 10.5 Å². The van der Waals surface area contributed by atoms with E-state index in [0.717, 1.165) is 4.47 Å². The zero-order valence-electron chi connectivity index (χ0n) is 13.8. The van der Waals surface area contributed by atoms with Gasteiger partial charge in [-0.05, 0) is 47.1 Å². The highest BCUT2D eigenvalue weighted by atomic mass is 79.9. The van der Waals surface area contributed by atoms with E-state index in [9.17, 15) is 9.59 Å². The molecule has 3 rings (SSSR count). The largest absolute Gasteiger partial charge is 0.324 e. The second-order valence-electron chi connectivity index (χ2n) is 5.58. The molecule has 0 saturated carbocycles. The molecule has 0 aliphatic carbocycles. The lowest BCUT2D eigenvalue weighted by atomic mass is 10.3. The van der Waals surface area contributed by atoms with Gasteiger partial charge < -0.3 is 5.32 Å². The molecule has 0 radical (unpaired) electrons. The Morgan fingerprint density at radius 1 is 1.35 bits per heavy atom. The van der Waals surface area contributed by atoms with Gasteiger partial charge in [0.25, 0.3) is 5.56 Å². The highest BCUT2D eigenvalue weighted by Gasteiger charge is 2.15. The van der Waals surface area contributed by atoms with E-state index in [1.54, 1.807) is 30.5 Å². The van der Waals surface area contributed by atoms with Crippen molar-refractivity contribution in [1.29, 1.82) is 0 Å². The summed E-state index contributed by atoms with van der Waals surface area (Å²) in [4.78, 5) is 29.0. The van der Waals surface area contributed by atoms with E-state index in [1.807, 2.05) is 19.1 Å². The van der Waals surface area contributed by atoms with Gasteiger partial charge in [0.2, 0.25) is 5.91 Å². The van der Waals surface area contributed by atoms with E-state index < -0.39 is 0 Å². The molecule has 1 atom stereocenters. The molecule has 26 heavy (non-hydrogen) atoms. The van der Waals surface area contributed by atoms with Crippen LogP contribution in [0, 0.1) is 0 Å². The summed E-state index contributed by atoms with van der Waals surface area (Å²) in [5.74, 6) is 0.309. The molecule has 1 N–H and O–H groups in total. The molecular weight excluding hydrogens is 438 g/mol. The number of thioether (sulfide) groups is 1. The van der Waals surface area contributed by atoms with Crippen LogP contribution in [0.3, 0.4) is 0 Å². The van der Waals surface area contributed by atoms with Crippen molar-refractivity contribution in [2.24, 2.45) is 0 Å². The minimum absolute atomic E-state index is 0.149. The Labute approximate surface area is 167 Å². The predicted molar refractivity (Wildman–Crippen MR) is 110 cm³/mol. The zero-order valence-corrected chi connectivity index (χ0v) is 16.9. The van der Waals surface area contributed by atoms with Gasteiger partial charge in [0.05, 0.1) is 21.7 Å². The van der Waals surface area contributed by atoms with E-state index >= 15 is 0 Å². The van der Waals surface area contributed by atoms with Crippen molar-refractivity contribution in [3.63, 3.8) is 0 Å². The number of benzene rings is 1. The van der Waals surface area contributed by atoms with Gasteiger partial charge in [0.1, 0.15) is 5.65 Å². The number of nitrogens with one attached hydrogen (secondary N) is 1. The first-order chi connectivity index (χ1) is 12.4. The molecule has 1 amide bonds. The van der Waals surface area contributed by atoms with E-state index in [1.165, 1.54) is 22.2 Å². The van der Waals surface area contributed by atoms with E-state index in [-0.39, 0.29) is 16.7 Å². The number of para-hydroxylation sites is 1. The average Bonchev–Trinajstić information content (AvgIpc) is 2.62. The predicted octanol–water partition coefficient (Wildman–Crippen LogP) is 4.37. The highest BCUT2D eigenvalue weighted by molar-refractivity contribution is 9.10. The first-order valence-corrected chi connectivity index (χ1v) is 10.0. The van der Waals surface area contributed by atoms with Gasteiger partial charge >= 0.3 is 0 Å². The number of amides is 1. The fourth-order valence-corrected chi connectivity index (χ4v) is 3.58. The minimum Gasteiger partial charge on any atom is -0.324 e. The third-order valence-corrected chi connectivity index (χ3v) is 5.63. The molecule has 3 aromatic rings. The number of hydrogen-bond donors (Lipinski definition) is 1. The Kier molecular flexibility index (Phi) is 6.01. The molecule has 2 aromatic heterocycles. The topological polar surface area (TPSA) is 63.5 Å². The van der Waals surface area contributed by atoms with Gasteiger partial charge in [-0.25, -0.2) is 4.98 Å². The van der Waals surface area contributed by atoms with Crippen LogP contribution in [0.4, 0.5) is 5.69 Å². The van der Waals surface area contributed by atoms with Gasteiger partial charge in [-0.3, -0.25) is 14.0 Å². The maximum absolute atomic E-state index is 12.3. The summed E-state index contributed by atoms with van der Waals surface area (Å²) < 4.78 is 2.28. The fraction of sp³-hybridized carbons (Fsp3) is 0.167. The van der Waals surface area contributed by atoms with Crippen LogP contribution < -0.4 is 10.9 Å². The molecular formula is C18H15BrClN3O2S. The molecule has 5 nitrogen and oxygen atoms in total. The maximum Gasteiger partial charge on any atom is 0.258 e. The molecule has 0 bridgehead atoms. The van der Waals surface area contributed by atoms with Crippen LogP contribution in [-0.4, -0.2) is 20.5 Å². The molecule has 0 spiro atoms. The number of fused-ring (bicyclic) bond motifs is 1. The Hall–Kier alpha value is -1.83. The number of halogens is 2. The summed E-state index contributed by atoms with van der Waals surface area (Å²) in [7, 11) is 0. The molecule has 134 valence electrons. The van der Waals surface area contributed by atoms with Gasteiger partial charge in [0.15, 0.2) is 0 Å². The van der Waals surface area contributed by atoms with Crippen molar-refractivity contribution < 1.29 is 4.79 Å². The summed E-state index contributed by atoms with van der Waals surface area (Å²) in [5.41, 5.74) is 1.64. The summed E-state index contributed by atoms with van der Waals surface area (Å²) in [6, 6.07) is 12.2. The number of rotatable bonds is 5. The van der Waals surface area contributed by atoms with Crippen molar-refractivity contribution in [3.8, 4) is 0 Å². The first kappa shape index (κ1) is 18.9. The van der Waals surface area contributed by atoms with Gasteiger partial charge in [0, 0.05) is 22.5 Å². The summed E-state index contributed by atoms with van der Waals surface area (Å²) >= 11 is 10.8. The molecule has 0 saturated heterocycles. The normalized spacial score (nSPS) is 12.1. The molecule has 8 heteroatoms. The second kappa shape index (κ2) is 8.24. The second-order valence-corrected chi connectivity index (χ2v) is 8.24. The Balaban J connectivity index is 1.67. The van der Waals surface area contributed by atoms with Gasteiger partial charge in [-0.15, -0.1) is 11.8 Å². The van der Waals surface area contributed by atoms with Crippen LogP contribution in [0.25, 0.3) is 5.65 Å². The quantitative estimate of drug-likeness (QED) is 0.624. The van der Waals surface area contributed by atoms with Crippen molar-refractivity contribution in [1.82, 2.24) is 9.38 Å². The van der Waals surface area contributed by atoms with E-state index in [2.05, 4.69) is 26.2 Å². The van der Waals surface area contributed by atoms with Crippen LogP contribution in [0.2, 0.25) is 5.02 Å². The lowest BCUT2D eigenvalue weighted by Crippen LogP contribution is -2.23. The van der Waals surface area contributed by atoms with Gasteiger partial charge in [-0.2, -0.15) is 0 Å². The monoisotopic (exact) mass is 451 g/mol. The number of pyridine rings is 1. The number of nitrogens with zero attached hydrogens (tertiary/aromatic N) is 2. The standard InChI is InChI=1S/C18H15BrClN3O2S/c1-11(18(25)22-15-5-3-2-4-14(15)20)26-10-13-8-17(24)23-9-12(19)6-7-16(23)21-13/h2-9,11H,10H2,1H3,(H,22,25)/t11-/m1/s1.